The van der Waals surface area contributed by atoms with Gasteiger partial charge in [0.2, 0.25) is 0 Å². The number of hydrogen-bond donors (Lipinski definition) is 3. The normalized spacial score (nSPS) is 52.0. The number of carbonyl (C=O) groups excluding carboxylic acids is 1. The molecule has 0 aromatic rings. The first-order valence-corrected chi connectivity index (χ1v) is 10.6. The number of aliphatic hydroxyl groups is 3. The Bertz CT molecular complexity index is 539. The van der Waals surface area contributed by atoms with E-state index in [-0.39, 0.29) is 42.0 Å². The third-order valence-electron chi connectivity index (χ3n) is 7.17. The average molecular weight is 385 g/mol. The van der Waals surface area contributed by atoms with Gasteiger partial charge in [-0.15, -0.1) is 0 Å². The summed E-state index contributed by atoms with van der Waals surface area (Å²) in [6.45, 7) is 7.93. The second-order valence-corrected chi connectivity index (χ2v) is 9.42. The monoisotopic (exact) mass is 384 g/mol. The van der Waals surface area contributed by atoms with Crippen molar-refractivity contribution in [1.82, 2.24) is 0 Å². The minimum atomic E-state index is -1.07. The van der Waals surface area contributed by atoms with Gasteiger partial charge in [0.1, 0.15) is 5.78 Å². The molecule has 0 aromatic carbocycles. The van der Waals surface area contributed by atoms with Gasteiger partial charge in [0, 0.05) is 24.2 Å². The number of rotatable bonds is 1. The molecule has 0 aliphatic carbocycles. The van der Waals surface area contributed by atoms with Crippen LogP contribution in [0.5, 0.6) is 0 Å². The van der Waals surface area contributed by atoms with Gasteiger partial charge in [-0.2, -0.15) is 0 Å². The quantitative estimate of drug-likeness (QED) is 0.640. The van der Waals surface area contributed by atoms with E-state index in [0.717, 1.165) is 6.42 Å². The van der Waals surface area contributed by atoms with Crippen molar-refractivity contribution in [3.63, 3.8) is 0 Å². The summed E-state index contributed by atoms with van der Waals surface area (Å²) in [4.78, 5) is 12.7. The predicted octanol–water partition coefficient (Wildman–Crippen LogP) is 2.03. The van der Waals surface area contributed by atoms with E-state index in [9.17, 15) is 20.1 Å². The van der Waals surface area contributed by atoms with E-state index in [1.54, 1.807) is 0 Å². The maximum absolute atomic E-state index is 12.7. The molecule has 3 N–H and O–H groups in total. The van der Waals surface area contributed by atoms with Gasteiger partial charge in [-0.1, -0.05) is 20.8 Å². The van der Waals surface area contributed by atoms with Gasteiger partial charge in [0.25, 0.3) is 0 Å². The van der Waals surface area contributed by atoms with E-state index in [4.69, 9.17) is 9.47 Å². The molecule has 0 amide bonds. The van der Waals surface area contributed by atoms with Gasteiger partial charge in [-0.05, 0) is 44.9 Å². The Labute approximate surface area is 162 Å². The molecule has 4 fully saturated rings. The van der Waals surface area contributed by atoms with Crippen molar-refractivity contribution >= 4 is 5.78 Å². The molecule has 27 heavy (non-hydrogen) atoms. The van der Waals surface area contributed by atoms with Crippen molar-refractivity contribution in [3.05, 3.63) is 0 Å². The lowest BCUT2D eigenvalue weighted by Gasteiger charge is -2.44. The van der Waals surface area contributed by atoms with Crippen LogP contribution in [0, 0.1) is 23.7 Å². The molecule has 4 aliphatic heterocycles. The zero-order valence-corrected chi connectivity index (χ0v) is 17.0. The summed E-state index contributed by atoms with van der Waals surface area (Å²) in [6, 6.07) is 0. The summed E-state index contributed by atoms with van der Waals surface area (Å²) in [6.07, 6.45) is 0.117. The molecule has 0 radical (unpaired) electrons. The summed E-state index contributed by atoms with van der Waals surface area (Å²) in [5, 5.41) is 32.1. The Hall–Kier alpha value is -0.530. The zero-order valence-electron chi connectivity index (χ0n) is 17.0. The lowest BCUT2D eigenvalue weighted by Crippen LogP contribution is -2.52. The van der Waals surface area contributed by atoms with Gasteiger partial charge in [-0.25, -0.2) is 0 Å². The lowest BCUT2D eigenvalue weighted by atomic mass is 9.76. The van der Waals surface area contributed by atoms with Crippen molar-refractivity contribution in [2.24, 2.45) is 23.7 Å². The van der Waals surface area contributed by atoms with E-state index in [2.05, 4.69) is 6.92 Å². The first-order chi connectivity index (χ1) is 12.6. The van der Waals surface area contributed by atoms with E-state index >= 15 is 0 Å². The molecular weight excluding hydrogens is 348 g/mol. The summed E-state index contributed by atoms with van der Waals surface area (Å²) in [7, 11) is 0. The van der Waals surface area contributed by atoms with Gasteiger partial charge in [-0.3, -0.25) is 4.79 Å². The highest BCUT2D eigenvalue weighted by atomic mass is 16.6. The molecular formula is C21H36O6. The van der Waals surface area contributed by atoms with Gasteiger partial charge in [0.15, 0.2) is 6.29 Å². The highest BCUT2D eigenvalue weighted by Gasteiger charge is 2.48. The van der Waals surface area contributed by atoms with Crippen molar-refractivity contribution in [2.75, 3.05) is 0 Å². The number of aliphatic hydroxyl groups excluding tert-OH is 3. The van der Waals surface area contributed by atoms with Gasteiger partial charge >= 0.3 is 0 Å². The highest BCUT2D eigenvalue weighted by molar-refractivity contribution is 5.81. The minimum absolute atomic E-state index is 0.000760. The SMILES string of the molecule is CCC1C2CC(=O)C(C)CC(O)C3OC(C)(CCC(C(O)O2)C1O)CC3C. The second-order valence-electron chi connectivity index (χ2n) is 9.42. The van der Waals surface area contributed by atoms with Crippen LogP contribution in [0.4, 0.5) is 0 Å². The fourth-order valence-electron chi connectivity index (χ4n) is 5.51. The maximum atomic E-state index is 12.7. The Balaban J connectivity index is 1.88. The number of fused-ring (bicyclic) bond motifs is 7. The van der Waals surface area contributed by atoms with Crippen molar-refractivity contribution < 1.29 is 29.6 Å². The van der Waals surface area contributed by atoms with Crippen LogP contribution >= 0.6 is 0 Å². The molecule has 4 saturated heterocycles. The number of carbonyl (C=O) groups is 1. The predicted molar refractivity (Wildman–Crippen MR) is 99.9 cm³/mol. The standard InChI is InChI=1S/C21H36O6/c1-5-13-17-9-15(22)11(2)8-16(23)19-12(3)10-21(4,27-19)7-6-14(18(13)24)20(25)26-17/h11-14,16-20,23-25H,5-10H2,1-4H3. The summed E-state index contributed by atoms with van der Waals surface area (Å²) >= 11 is 0. The minimum Gasteiger partial charge on any atom is -0.392 e. The summed E-state index contributed by atoms with van der Waals surface area (Å²) < 4.78 is 12.1. The molecule has 0 saturated carbocycles. The Kier molecular flexibility index (Phi) is 6.33. The maximum Gasteiger partial charge on any atom is 0.160 e. The van der Waals surface area contributed by atoms with Crippen molar-refractivity contribution in [2.45, 2.75) is 103 Å². The lowest BCUT2D eigenvalue weighted by molar-refractivity contribution is -0.252. The molecule has 10 unspecified atom stereocenters. The van der Waals surface area contributed by atoms with Crippen LogP contribution in [0.1, 0.15) is 66.2 Å². The van der Waals surface area contributed by atoms with Crippen LogP contribution in [0.25, 0.3) is 0 Å². The number of ether oxygens (including phenoxy) is 2. The summed E-state index contributed by atoms with van der Waals surface area (Å²) in [5.74, 6) is -0.685. The molecule has 10 atom stereocenters. The molecule has 6 heteroatoms. The van der Waals surface area contributed by atoms with Gasteiger partial charge in [0.05, 0.1) is 30.0 Å². The van der Waals surface area contributed by atoms with Crippen LogP contribution in [0.15, 0.2) is 0 Å². The number of ketones is 1. The molecule has 6 nitrogen and oxygen atoms in total. The molecule has 156 valence electrons. The van der Waals surface area contributed by atoms with Crippen LogP contribution in [0.2, 0.25) is 0 Å². The Morgan fingerprint density at radius 2 is 1.93 bits per heavy atom. The topological polar surface area (TPSA) is 96.2 Å². The molecule has 0 aromatic heterocycles. The van der Waals surface area contributed by atoms with E-state index in [1.165, 1.54) is 0 Å². The van der Waals surface area contributed by atoms with Crippen molar-refractivity contribution in [3.8, 4) is 0 Å². The van der Waals surface area contributed by atoms with Crippen LogP contribution in [0.3, 0.4) is 0 Å². The van der Waals surface area contributed by atoms with Crippen LogP contribution in [-0.2, 0) is 14.3 Å². The third kappa shape index (κ3) is 4.25. The second kappa shape index (κ2) is 8.07. The summed E-state index contributed by atoms with van der Waals surface area (Å²) in [5.41, 5.74) is -0.402. The molecule has 4 heterocycles. The smallest absolute Gasteiger partial charge is 0.160 e. The number of hydrogen-bond acceptors (Lipinski definition) is 6. The largest absolute Gasteiger partial charge is 0.392 e. The van der Waals surface area contributed by atoms with E-state index in [1.807, 2.05) is 20.8 Å². The average Bonchev–Trinajstić information content (AvgIpc) is 2.89. The fourth-order valence-corrected chi connectivity index (χ4v) is 5.51. The Morgan fingerprint density at radius 1 is 1.22 bits per heavy atom. The Morgan fingerprint density at radius 3 is 2.59 bits per heavy atom. The first kappa shape index (κ1) is 21.2. The fraction of sp³-hybridized carbons (Fsp3) is 0.952. The van der Waals surface area contributed by atoms with E-state index in [0.29, 0.717) is 25.7 Å². The van der Waals surface area contributed by atoms with E-state index < -0.39 is 30.2 Å². The van der Waals surface area contributed by atoms with Crippen LogP contribution in [-0.4, -0.2) is 57.4 Å². The van der Waals surface area contributed by atoms with Crippen molar-refractivity contribution in [1.29, 1.82) is 0 Å². The third-order valence-corrected chi connectivity index (χ3v) is 7.17. The molecule has 4 aliphatic rings. The molecule has 0 spiro atoms. The van der Waals surface area contributed by atoms with Gasteiger partial charge < -0.3 is 24.8 Å². The zero-order chi connectivity index (χ0) is 19.9. The van der Waals surface area contributed by atoms with Crippen LogP contribution < -0.4 is 0 Å². The molecule has 4 bridgehead atoms. The number of Topliss-reactive ketones (excluding diaryl/α,β-unsaturated/α-hetero) is 1. The highest BCUT2D eigenvalue weighted by Crippen LogP contribution is 2.43. The first-order valence-electron chi connectivity index (χ1n) is 10.6. The molecule has 4 rings (SSSR count).